The molecule has 42 heavy (non-hydrogen) atoms. The Balaban J connectivity index is 0.00000148. The molecule has 0 spiro atoms. The van der Waals surface area contributed by atoms with E-state index in [9.17, 15) is 0 Å². The van der Waals surface area contributed by atoms with Crippen LogP contribution < -0.4 is 19.8 Å². The number of nitrogens with zero attached hydrogens (tertiary/aromatic N) is 8. The summed E-state index contributed by atoms with van der Waals surface area (Å²) >= 11 is 0. The van der Waals surface area contributed by atoms with Crippen LogP contribution >= 0.6 is 21.6 Å². The standard InChI is InChI=1S/C26H32N10S2.2C2H6/c1-33-15-16-34(2)25(33)31-29-23-9-5-21(6-10-23)27-13-19-37-38-20-14-28-22-7-11-24(12-8-22)30-32-26-35(3)17-18-36(26)4;2*1-2/h5-12,15-18H,13-14,19-20H2,1-4H3;2*1-2H3/p+2. The average Bonchev–Trinajstić information content (AvgIpc) is 3.53. The number of azo groups is 2. The molecule has 0 aliphatic carbocycles. The summed E-state index contributed by atoms with van der Waals surface area (Å²) in [5.41, 5.74) is 3.83. The van der Waals surface area contributed by atoms with Crippen molar-refractivity contribution < 1.29 is 9.13 Å². The highest BCUT2D eigenvalue weighted by Crippen LogP contribution is 2.23. The summed E-state index contributed by atoms with van der Waals surface area (Å²) in [4.78, 5) is 0. The molecule has 2 N–H and O–H groups in total. The summed E-state index contributed by atoms with van der Waals surface area (Å²) in [6, 6.07) is 16.0. The van der Waals surface area contributed by atoms with Crippen LogP contribution in [0, 0.1) is 0 Å². The summed E-state index contributed by atoms with van der Waals surface area (Å²) in [7, 11) is 11.6. The van der Waals surface area contributed by atoms with Crippen LogP contribution in [-0.2, 0) is 28.2 Å². The minimum Gasteiger partial charge on any atom is -0.384 e. The van der Waals surface area contributed by atoms with Crippen LogP contribution in [0.15, 0.2) is 93.8 Å². The number of rotatable bonds is 13. The first-order chi connectivity index (χ1) is 20.5. The third-order valence-electron chi connectivity index (χ3n) is 5.65. The second-order valence-corrected chi connectivity index (χ2v) is 11.3. The Morgan fingerprint density at radius 1 is 0.595 bits per heavy atom. The number of hydrogen-bond acceptors (Lipinski definition) is 8. The van der Waals surface area contributed by atoms with Gasteiger partial charge in [-0.25, -0.2) is 18.3 Å². The first kappa shape index (κ1) is 34.6. The molecule has 0 amide bonds. The van der Waals surface area contributed by atoms with E-state index in [4.69, 9.17) is 0 Å². The summed E-state index contributed by atoms with van der Waals surface area (Å²) < 4.78 is 7.74. The van der Waals surface area contributed by atoms with Crippen LogP contribution in [-0.4, -0.2) is 33.7 Å². The number of hydrogen-bond donors (Lipinski definition) is 2. The van der Waals surface area contributed by atoms with Crippen LogP contribution in [0.4, 0.5) is 34.6 Å². The zero-order chi connectivity index (χ0) is 30.7. The van der Waals surface area contributed by atoms with Gasteiger partial charge in [0.25, 0.3) is 0 Å². The predicted octanol–water partition coefficient (Wildman–Crippen LogP) is 7.80. The molecule has 2 aromatic heterocycles. The van der Waals surface area contributed by atoms with Crippen molar-refractivity contribution in [2.75, 3.05) is 35.2 Å². The van der Waals surface area contributed by atoms with Crippen molar-refractivity contribution in [3.05, 3.63) is 73.3 Å². The molecule has 0 fully saturated rings. The highest BCUT2D eigenvalue weighted by Gasteiger charge is 2.11. The maximum absolute atomic E-state index is 4.33. The molecule has 0 bridgehead atoms. The van der Waals surface area contributed by atoms with E-state index in [1.54, 1.807) is 0 Å². The van der Waals surface area contributed by atoms with E-state index in [1.165, 1.54) is 0 Å². The zero-order valence-electron chi connectivity index (χ0n) is 26.2. The van der Waals surface area contributed by atoms with Gasteiger partial charge in [0, 0.05) is 46.2 Å². The van der Waals surface area contributed by atoms with Gasteiger partial charge in [0.1, 0.15) is 11.4 Å². The van der Waals surface area contributed by atoms with Gasteiger partial charge in [-0.1, -0.05) is 59.5 Å². The lowest BCUT2D eigenvalue weighted by atomic mass is 10.3. The average molecular weight is 611 g/mol. The van der Waals surface area contributed by atoms with Crippen molar-refractivity contribution in [3.8, 4) is 0 Å². The highest BCUT2D eigenvalue weighted by molar-refractivity contribution is 8.76. The Kier molecular flexibility index (Phi) is 16.0. The van der Waals surface area contributed by atoms with Crippen molar-refractivity contribution in [2.45, 2.75) is 27.7 Å². The number of imidazole rings is 2. The second kappa shape index (κ2) is 19.5. The Hall–Kier alpha value is -3.64. The van der Waals surface area contributed by atoms with Crippen LogP contribution in [0.1, 0.15) is 27.7 Å². The molecule has 4 rings (SSSR count). The van der Waals surface area contributed by atoms with Crippen molar-refractivity contribution >= 4 is 56.2 Å². The molecule has 0 atom stereocenters. The van der Waals surface area contributed by atoms with Gasteiger partial charge >= 0.3 is 11.9 Å². The van der Waals surface area contributed by atoms with E-state index in [0.717, 1.165) is 59.2 Å². The van der Waals surface area contributed by atoms with Crippen molar-refractivity contribution in [1.82, 2.24) is 9.13 Å². The van der Waals surface area contributed by atoms with E-state index < -0.39 is 0 Å². The van der Waals surface area contributed by atoms with Crippen LogP contribution in [0.2, 0.25) is 0 Å². The van der Waals surface area contributed by atoms with Crippen LogP contribution in [0.5, 0.6) is 0 Å². The SMILES string of the molecule is CC.CC.Cn1cc[n+](C)c1N=Nc1ccc(NCCSSCCNc2ccc(N=Nc3n(C)cc[n+]3C)cc2)cc1. The van der Waals surface area contributed by atoms with Gasteiger partial charge in [0.2, 0.25) is 0 Å². The first-order valence-corrected chi connectivity index (χ1v) is 16.8. The molecule has 12 heteroatoms. The predicted molar refractivity (Wildman–Crippen MR) is 179 cm³/mol. The second-order valence-electron chi connectivity index (χ2n) is 8.63. The maximum atomic E-state index is 4.33. The summed E-state index contributed by atoms with van der Waals surface area (Å²) in [5.74, 6) is 3.64. The molecule has 0 unspecified atom stereocenters. The van der Waals surface area contributed by atoms with Gasteiger partial charge in [-0.3, -0.25) is 0 Å². The zero-order valence-corrected chi connectivity index (χ0v) is 27.8. The Labute approximate surface area is 258 Å². The van der Waals surface area contributed by atoms with E-state index in [-0.39, 0.29) is 0 Å². The molecule has 2 aromatic carbocycles. The minimum absolute atomic E-state index is 0.797. The number of aromatic nitrogens is 4. The van der Waals surface area contributed by atoms with Crippen molar-refractivity contribution in [1.29, 1.82) is 0 Å². The number of benzene rings is 2. The first-order valence-electron chi connectivity index (χ1n) is 14.3. The normalized spacial score (nSPS) is 10.8. The lowest BCUT2D eigenvalue weighted by Crippen LogP contribution is -2.25. The molecule has 0 aliphatic heterocycles. The van der Waals surface area contributed by atoms with E-state index >= 15 is 0 Å². The molecule has 0 aliphatic rings. The monoisotopic (exact) mass is 610 g/mol. The topological polar surface area (TPSA) is 91.1 Å². The molecule has 0 saturated carbocycles. The van der Waals surface area contributed by atoms with Crippen LogP contribution in [0.25, 0.3) is 0 Å². The lowest BCUT2D eigenvalue weighted by Gasteiger charge is -2.07. The number of aryl methyl sites for hydroxylation is 4. The molecule has 4 aromatic rings. The number of anilines is 2. The molecular formula is C30H46N10S2+2. The molecule has 2 heterocycles. The van der Waals surface area contributed by atoms with E-state index in [2.05, 4.69) is 31.1 Å². The number of nitrogens with one attached hydrogen (secondary N) is 2. The highest BCUT2D eigenvalue weighted by atomic mass is 33.1. The Bertz CT molecular complexity index is 1220. The minimum atomic E-state index is 0.797. The third-order valence-corrected chi connectivity index (χ3v) is 8.05. The van der Waals surface area contributed by atoms with Gasteiger partial charge in [0.05, 0.1) is 53.0 Å². The summed E-state index contributed by atoms with van der Waals surface area (Å²) in [6.45, 7) is 9.81. The Morgan fingerprint density at radius 2 is 0.952 bits per heavy atom. The maximum Gasteiger partial charge on any atom is 0.421 e. The quantitative estimate of drug-likeness (QED) is 0.0699. The lowest BCUT2D eigenvalue weighted by molar-refractivity contribution is -0.657. The summed E-state index contributed by atoms with van der Waals surface area (Å²) in [5, 5.41) is 24.2. The smallest absolute Gasteiger partial charge is 0.384 e. The van der Waals surface area contributed by atoms with E-state index in [0.29, 0.717) is 0 Å². The molecule has 10 nitrogen and oxygen atoms in total. The fraction of sp³-hybridized carbons (Fsp3) is 0.400. The summed E-state index contributed by atoms with van der Waals surface area (Å²) in [6.07, 6.45) is 7.81. The molecule has 226 valence electrons. The van der Waals surface area contributed by atoms with Gasteiger partial charge in [0.15, 0.2) is 0 Å². The van der Waals surface area contributed by atoms with Gasteiger partial charge in [-0.05, 0) is 48.5 Å². The third kappa shape index (κ3) is 11.3. The van der Waals surface area contributed by atoms with E-state index in [1.807, 2.05) is 169 Å². The fourth-order valence-electron chi connectivity index (χ4n) is 3.54. The molecule has 0 saturated heterocycles. The molecule has 0 radical (unpaired) electrons. The largest absolute Gasteiger partial charge is 0.421 e. The van der Waals surface area contributed by atoms with Gasteiger partial charge in [-0.2, -0.15) is 0 Å². The van der Waals surface area contributed by atoms with Crippen molar-refractivity contribution in [3.63, 3.8) is 0 Å². The van der Waals surface area contributed by atoms with Gasteiger partial charge in [-0.15, -0.1) is 0 Å². The van der Waals surface area contributed by atoms with Gasteiger partial charge < -0.3 is 10.6 Å². The van der Waals surface area contributed by atoms with Crippen LogP contribution in [0.3, 0.4) is 0 Å². The van der Waals surface area contributed by atoms with Crippen molar-refractivity contribution in [2.24, 2.45) is 48.6 Å². The Morgan fingerprint density at radius 3 is 1.26 bits per heavy atom. The molecular weight excluding hydrogens is 565 g/mol. The fourth-order valence-corrected chi connectivity index (χ4v) is 5.35.